The summed E-state index contributed by atoms with van der Waals surface area (Å²) in [6.45, 7) is -0.121. The van der Waals surface area contributed by atoms with Crippen molar-refractivity contribution < 1.29 is 17.1 Å². The zero-order chi connectivity index (χ0) is 12.9. The minimum absolute atomic E-state index is 0.121. The van der Waals surface area contributed by atoms with Crippen molar-refractivity contribution in [2.24, 2.45) is 0 Å². The van der Waals surface area contributed by atoms with Crippen molar-refractivity contribution >= 4 is 32.6 Å². The van der Waals surface area contributed by atoms with E-state index in [1.54, 1.807) is 0 Å². The molecule has 1 amide bonds. The molecule has 1 atom stereocenters. The van der Waals surface area contributed by atoms with E-state index < -0.39 is 15.5 Å². The highest BCUT2D eigenvalue weighted by Gasteiger charge is 2.40. The fraction of sp³-hybridized carbons (Fsp3) is 0.600. The van der Waals surface area contributed by atoms with E-state index >= 15 is 0 Å². The molecule has 2 aliphatic rings. The third-order valence-electron chi connectivity index (χ3n) is 3.30. The molecule has 0 bridgehead atoms. The molecule has 1 saturated heterocycles. The Balaban J connectivity index is 1.87. The van der Waals surface area contributed by atoms with Gasteiger partial charge in [0.2, 0.25) is 5.91 Å². The van der Waals surface area contributed by atoms with E-state index in [0.29, 0.717) is 5.13 Å². The number of carbonyl (C=O) groups excluding carboxylic acids is 1. The van der Waals surface area contributed by atoms with Crippen molar-refractivity contribution in [3.05, 3.63) is 10.6 Å². The van der Waals surface area contributed by atoms with Crippen LogP contribution in [0.4, 0.5) is 9.02 Å². The third-order valence-corrected chi connectivity index (χ3v) is 5.60. The van der Waals surface area contributed by atoms with E-state index in [1.807, 2.05) is 0 Å². The van der Waals surface area contributed by atoms with Crippen molar-refractivity contribution in [1.29, 1.82) is 0 Å². The maximum absolute atomic E-state index is 12.9. The van der Waals surface area contributed by atoms with Gasteiger partial charge in [-0.3, -0.25) is 9.69 Å². The number of nitrogens with zero attached hydrogens (tertiary/aromatic N) is 2. The number of aromatic nitrogens is 1. The summed E-state index contributed by atoms with van der Waals surface area (Å²) in [6, 6.07) is 0. The highest BCUT2D eigenvalue weighted by Crippen LogP contribution is 2.35. The van der Waals surface area contributed by atoms with Gasteiger partial charge in [-0.25, -0.2) is 4.98 Å². The molecule has 1 aromatic heterocycles. The van der Waals surface area contributed by atoms with Crippen LogP contribution < -0.4 is 4.90 Å². The van der Waals surface area contributed by atoms with Gasteiger partial charge >= 0.3 is 10.2 Å². The van der Waals surface area contributed by atoms with Crippen LogP contribution in [-0.2, 0) is 27.9 Å². The Hall–Kier alpha value is -1.02. The Morgan fingerprint density at radius 2 is 2.17 bits per heavy atom. The lowest BCUT2D eigenvalue weighted by molar-refractivity contribution is -0.117. The molecule has 0 spiro atoms. The highest BCUT2D eigenvalue weighted by molar-refractivity contribution is 7.87. The first-order valence-electron chi connectivity index (χ1n) is 5.67. The van der Waals surface area contributed by atoms with Gasteiger partial charge in [0.05, 0.1) is 5.69 Å². The molecule has 1 fully saturated rings. The van der Waals surface area contributed by atoms with Crippen LogP contribution in [0, 0.1) is 0 Å². The van der Waals surface area contributed by atoms with Gasteiger partial charge in [-0.2, -0.15) is 8.42 Å². The molecular formula is C10H11FN2O3S2. The summed E-state index contributed by atoms with van der Waals surface area (Å²) in [6.07, 6.45) is 2.64. The first-order valence-corrected chi connectivity index (χ1v) is 7.94. The van der Waals surface area contributed by atoms with Crippen molar-refractivity contribution in [2.75, 3.05) is 11.4 Å². The smallest absolute Gasteiger partial charge is 0.287 e. The zero-order valence-electron chi connectivity index (χ0n) is 9.43. The van der Waals surface area contributed by atoms with Crippen LogP contribution in [0.15, 0.2) is 0 Å². The van der Waals surface area contributed by atoms with Crippen LogP contribution >= 0.6 is 11.3 Å². The van der Waals surface area contributed by atoms with Crippen molar-refractivity contribution in [3.8, 4) is 0 Å². The molecular weight excluding hydrogens is 279 g/mol. The van der Waals surface area contributed by atoms with E-state index in [-0.39, 0.29) is 18.9 Å². The number of halogens is 1. The quantitative estimate of drug-likeness (QED) is 0.763. The number of carbonyl (C=O) groups is 1. The number of amides is 1. The Kier molecular flexibility index (Phi) is 2.67. The topological polar surface area (TPSA) is 67.3 Å². The van der Waals surface area contributed by atoms with Gasteiger partial charge in [-0.15, -0.1) is 15.2 Å². The molecule has 0 saturated carbocycles. The second-order valence-electron chi connectivity index (χ2n) is 4.53. The number of thiazole rings is 1. The van der Waals surface area contributed by atoms with Gasteiger partial charge < -0.3 is 0 Å². The molecule has 2 heterocycles. The summed E-state index contributed by atoms with van der Waals surface area (Å²) in [5, 5.41) is -0.736. The molecule has 8 heteroatoms. The van der Waals surface area contributed by atoms with Crippen LogP contribution in [-0.4, -0.2) is 31.1 Å². The summed E-state index contributed by atoms with van der Waals surface area (Å²) < 4.78 is 34.6. The number of aryl methyl sites for hydroxylation is 2. The fourth-order valence-corrected chi connectivity index (χ4v) is 4.18. The molecule has 98 valence electrons. The predicted molar refractivity (Wildman–Crippen MR) is 64.9 cm³/mol. The maximum atomic E-state index is 12.9. The van der Waals surface area contributed by atoms with Crippen LogP contribution in [0.3, 0.4) is 0 Å². The average Bonchev–Trinajstić information content (AvgIpc) is 2.87. The molecule has 18 heavy (non-hydrogen) atoms. The maximum Gasteiger partial charge on any atom is 0.307 e. The first-order chi connectivity index (χ1) is 8.45. The number of rotatable bonds is 2. The van der Waals surface area contributed by atoms with E-state index in [9.17, 15) is 17.1 Å². The Bertz CT molecular complexity index is 589. The van der Waals surface area contributed by atoms with Crippen molar-refractivity contribution in [1.82, 2.24) is 4.98 Å². The van der Waals surface area contributed by atoms with Crippen molar-refractivity contribution in [3.63, 3.8) is 0 Å². The number of hydrogen-bond acceptors (Lipinski definition) is 5. The summed E-state index contributed by atoms with van der Waals surface area (Å²) in [5.74, 6) is -0.367. The number of hydrogen-bond donors (Lipinski definition) is 0. The molecule has 1 aliphatic carbocycles. The zero-order valence-corrected chi connectivity index (χ0v) is 11.1. The lowest BCUT2D eigenvalue weighted by atomic mass is 10.4. The molecule has 3 rings (SSSR count). The van der Waals surface area contributed by atoms with Crippen LogP contribution in [0.5, 0.6) is 0 Å². The molecule has 1 aliphatic heterocycles. The second kappa shape index (κ2) is 3.99. The van der Waals surface area contributed by atoms with E-state index in [1.165, 1.54) is 16.2 Å². The average molecular weight is 290 g/mol. The molecule has 0 aromatic carbocycles. The largest absolute Gasteiger partial charge is 0.307 e. The van der Waals surface area contributed by atoms with Crippen molar-refractivity contribution in [2.45, 2.75) is 30.9 Å². The molecule has 1 unspecified atom stereocenters. The predicted octanol–water partition coefficient (Wildman–Crippen LogP) is 1.04. The number of fused-ring (bicyclic) bond motifs is 1. The van der Waals surface area contributed by atoms with Crippen LogP contribution in [0.25, 0.3) is 0 Å². The summed E-state index contributed by atoms with van der Waals surface area (Å²) in [5.41, 5.74) is 0.995. The monoisotopic (exact) mass is 290 g/mol. The van der Waals surface area contributed by atoms with Crippen LogP contribution in [0.2, 0.25) is 0 Å². The van der Waals surface area contributed by atoms with Gasteiger partial charge in [-0.1, -0.05) is 0 Å². The highest BCUT2D eigenvalue weighted by atomic mass is 32.3. The summed E-state index contributed by atoms with van der Waals surface area (Å²) in [4.78, 5) is 18.5. The Morgan fingerprint density at radius 1 is 1.39 bits per heavy atom. The third kappa shape index (κ3) is 1.93. The van der Waals surface area contributed by atoms with Gasteiger partial charge in [0.15, 0.2) is 5.13 Å². The minimum Gasteiger partial charge on any atom is -0.287 e. The van der Waals surface area contributed by atoms with E-state index in [2.05, 4.69) is 4.98 Å². The van der Waals surface area contributed by atoms with Gasteiger partial charge in [0, 0.05) is 17.8 Å². The van der Waals surface area contributed by atoms with E-state index in [0.717, 1.165) is 29.8 Å². The molecule has 5 nitrogen and oxygen atoms in total. The fourth-order valence-electron chi connectivity index (χ4n) is 2.34. The van der Waals surface area contributed by atoms with Crippen LogP contribution in [0.1, 0.15) is 23.4 Å². The standard InChI is InChI=1S/C10H11FN2O3S2/c11-18(15,16)6-4-9(14)13(5-6)10-12-7-2-1-3-8(7)17-10/h6H,1-5H2. The minimum atomic E-state index is -4.66. The normalized spacial score (nSPS) is 23.7. The lowest BCUT2D eigenvalue weighted by Crippen LogP contribution is -2.26. The summed E-state index contributed by atoms with van der Waals surface area (Å²) in [7, 11) is -4.66. The van der Waals surface area contributed by atoms with Gasteiger partial charge in [-0.05, 0) is 19.3 Å². The Labute approximate surface area is 108 Å². The molecule has 0 N–H and O–H groups in total. The molecule has 1 aromatic rings. The number of anilines is 1. The van der Waals surface area contributed by atoms with E-state index in [4.69, 9.17) is 0 Å². The molecule has 0 radical (unpaired) electrons. The Morgan fingerprint density at radius 3 is 2.78 bits per heavy atom. The summed E-state index contributed by atoms with van der Waals surface area (Å²) >= 11 is 1.41. The van der Waals surface area contributed by atoms with Gasteiger partial charge in [0.25, 0.3) is 0 Å². The SMILES string of the molecule is O=C1CC(S(=O)(=O)F)CN1c1nc2c(s1)CCC2. The first kappa shape index (κ1) is 12.0. The lowest BCUT2D eigenvalue weighted by Gasteiger charge is -2.11. The van der Waals surface area contributed by atoms with Gasteiger partial charge in [0.1, 0.15) is 5.25 Å². The second-order valence-corrected chi connectivity index (χ2v) is 7.21.